The molecule has 3 aromatic rings. The molecule has 0 aromatic heterocycles. The first-order chi connectivity index (χ1) is 18.3. The summed E-state index contributed by atoms with van der Waals surface area (Å²) in [6, 6.07) is 16.5. The van der Waals surface area contributed by atoms with E-state index in [2.05, 4.69) is 0 Å². The quantitative estimate of drug-likeness (QED) is 0.273. The van der Waals surface area contributed by atoms with Crippen molar-refractivity contribution in [2.75, 3.05) is 32.3 Å². The average Bonchev–Trinajstić information content (AvgIpc) is 3.21. The number of rotatable bonds is 6. The minimum atomic E-state index is -0.881. The van der Waals surface area contributed by atoms with E-state index in [-0.39, 0.29) is 17.3 Å². The number of fused-ring (bicyclic) bond motifs is 1. The second-order valence-electron chi connectivity index (χ2n) is 9.38. The summed E-state index contributed by atoms with van der Waals surface area (Å²) in [7, 11) is 3.15. The van der Waals surface area contributed by atoms with Gasteiger partial charge in [0.1, 0.15) is 30.5 Å². The van der Waals surface area contributed by atoms with Crippen molar-refractivity contribution in [2.45, 2.75) is 25.8 Å². The van der Waals surface area contributed by atoms with Gasteiger partial charge in [0.2, 0.25) is 0 Å². The molecule has 2 aliphatic heterocycles. The first kappa shape index (κ1) is 25.2. The smallest absolute Gasteiger partial charge is 0.300 e. The van der Waals surface area contributed by atoms with Crippen LogP contribution in [0.3, 0.4) is 0 Å². The molecule has 1 amide bonds. The Labute approximate surface area is 221 Å². The van der Waals surface area contributed by atoms with Gasteiger partial charge < -0.3 is 24.1 Å². The van der Waals surface area contributed by atoms with Crippen LogP contribution in [0.25, 0.3) is 5.76 Å². The maximum absolute atomic E-state index is 13.5. The molecule has 5 rings (SSSR count). The van der Waals surface area contributed by atoms with E-state index in [9.17, 15) is 14.7 Å². The summed E-state index contributed by atoms with van der Waals surface area (Å²) >= 11 is 0. The van der Waals surface area contributed by atoms with Gasteiger partial charge in [-0.05, 0) is 59.5 Å². The number of benzene rings is 3. The number of ketones is 1. The highest BCUT2D eigenvalue weighted by Gasteiger charge is 2.47. The van der Waals surface area contributed by atoms with E-state index in [1.54, 1.807) is 74.9 Å². The lowest BCUT2D eigenvalue weighted by Crippen LogP contribution is -2.29. The van der Waals surface area contributed by atoms with Crippen molar-refractivity contribution in [3.63, 3.8) is 0 Å². The van der Waals surface area contributed by atoms with E-state index in [4.69, 9.17) is 18.9 Å². The van der Waals surface area contributed by atoms with Gasteiger partial charge in [-0.3, -0.25) is 14.5 Å². The molecule has 0 spiro atoms. The number of aliphatic hydroxyl groups is 1. The van der Waals surface area contributed by atoms with E-state index >= 15 is 0 Å². The van der Waals surface area contributed by atoms with Crippen molar-refractivity contribution >= 4 is 23.1 Å². The molecule has 0 radical (unpaired) electrons. The normalized spacial score (nSPS) is 18.1. The lowest BCUT2D eigenvalue weighted by Gasteiger charge is -2.27. The van der Waals surface area contributed by atoms with E-state index in [0.717, 1.165) is 5.56 Å². The molecule has 2 aliphatic rings. The van der Waals surface area contributed by atoms with Gasteiger partial charge >= 0.3 is 0 Å². The summed E-state index contributed by atoms with van der Waals surface area (Å²) in [6.45, 7) is 4.84. The number of nitrogens with zero attached hydrogens (tertiary/aromatic N) is 1. The van der Waals surface area contributed by atoms with Crippen molar-refractivity contribution in [1.29, 1.82) is 0 Å². The number of ether oxygens (including phenoxy) is 4. The van der Waals surface area contributed by atoms with Gasteiger partial charge in [-0.1, -0.05) is 26.0 Å². The molecule has 0 bridgehead atoms. The number of carbonyl (C=O) groups excluding carboxylic acids is 2. The minimum absolute atomic E-state index is 0.00470. The fraction of sp³-hybridized carbons (Fsp3) is 0.267. The Morgan fingerprint density at radius 2 is 1.63 bits per heavy atom. The number of carbonyl (C=O) groups is 2. The number of Topliss-reactive ketones (excluding diaryl/α,β-unsaturated/α-hetero) is 1. The molecule has 8 heteroatoms. The molecular weight excluding hydrogens is 486 g/mol. The Balaban J connectivity index is 1.69. The Bertz CT molecular complexity index is 1430. The SMILES string of the molecule is COc1ccc(C2/C(=C(\O)c3ccc(OC)c(C(C)C)c3)C(=O)C(=O)N2c2ccc3c(c2)OCCO3)cc1. The number of aliphatic hydroxyl groups excluding tert-OH is 1. The van der Waals surface area contributed by atoms with Crippen molar-refractivity contribution < 1.29 is 33.6 Å². The molecular formula is C30H29NO7. The van der Waals surface area contributed by atoms with Gasteiger partial charge in [0.25, 0.3) is 11.7 Å². The van der Waals surface area contributed by atoms with Crippen LogP contribution in [0.1, 0.15) is 42.5 Å². The second kappa shape index (κ2) is 10.1. The fourth-order valence-corrected chi connectivity index (χ4v) is 4.87. The van der Waals surface area contributed by atoms with Crippen LogP contribution >= 0.6 is 0 Å². The highest BCUT2D eigenvalue weighted by atomic mass is 16.6. The Hall–Kier alpha value is -4.46. The van der Waals surface area contributed by atoms with Crippen molar-refractivity contribution in [1.82, 2.24) is 0 Å². The molecule has 38 heavy (non-hydrogen) atoms. The molecule has 3 aromatic carbocycles. The lowest BCUT2D eigenvalue weighted by molar-refractivity contribution is -0.132. The van der Waals surface area contributed by atoms with Crippen LogP contribution in [-0.4, -0.2) is 44.2 Å². The molecule has 196 valence electrons. The Kier molecular flexibility index (Phi) is 6.72. The first-order valence-corrected chi connectivity index (χ1v) is 12.4. The molecule has 1 N–H and O–H groups in total. The number of amides is 1. The Morgan fingerprint density at radius 3 is 2.29 bits per heavy atom. The highest BCUT2D eigenvalue weighted by Crippen LogP contribution is 2.45. The van der Waals surface area contributed by atoms with Crippen LogP contribution < -0.4 is 23.8 Å². The first-order valence-electron chi connectivity index (χ1n) is 12.4. The van der Waals surface area contributed by atoms with Gasteiger partial charge in [0.15, 0.2) is 11.5 Å². The van der Waals surface area contributed by atoms with E-state index in [1.165, 1.54) is 4.90 Å². The fourth-order valence-electron chi connectivity index (χ4n) is 4.87. The summed E-state index contributed by atoms with van der Waals surface area (Å²) in [6.07, 6.45) is 0. The third-order valence-corrected chi connectivity index (χ3v) is 6.81. The Morgan fingerprint density at radius 1 is 0.921 bits per heavy atom. The maximum atomic E-state index is 13.5. The van der Waals surface area contributed by atoms with Gasteiger partial charge in [-0.2, -0.15) is 0 Å². The van der Waals surface area contributed by atoms with Gasteiger partial charge in [0, 0.05) is 17.3 Å². The van der Waals surface area contributed by atoms with Crippen LogP contribution in [0.15, 0.2) is 66.2 Å². The van der Waals surface area contributed by atoms with Gasteiger partial charge in [-0.25, -0.2) is 0 Å². The van der Waals surface area contributed by atoms with Gasteiger partial charge in [0.05, 0.1) is 25.8 Å². The van der Waals surface area contributed by atoms with Crippen molar-refractivity contribution in [3.8, 4) is 23.0 Å². The average molecular weight is 516 g/mol. The number of methoxy groups -OCH3 is 2. The molecule has 1 unspecified atom stereocenters. The summed E-state index contributed by atoms with van der Waals surface area (Å²) in [5.74, 6) is 0.686. The summed E-state index contributed by atoms with van der Waals surface area (Å²) < 4.78 is 22.1. The topological polar surface area (TPSA) is 94.5 Å². The maximum Gasteiger partial charge on any atom is 0.300 e. The van der Waals surface area contributed by atoms with Gasteiger partial charge in [-0.15, -0.1) is 0 Å². The molecule has 8 nitrogen and oxygen atoms in total. The van der Waals surface area contributed by atoms with Crippen LogP contribution in [0.5, 0.6) is 23.0 Å². The molecule has 1 fully saturated rings. The summed E-state index contributed by atoms with van der Waals surface area (Å²) in [4.78, 5) is 28.4. The third-order valence-electron chi connectivity index (χ3n) is 6.81. The van der Waals surface area contributed by atoms with Crippen molar-refractivity contribution in [2.24, 2.45) is 0 Å². The third kappa shape index (κ3) is 4.32. The number of hydrogen-bond donors (Lipinski definition) is 1. The van der Waals surface area contributed by atoms with E-state index in [1.807, 2.05) is 13.8 Å². The largest absolute Gasteiger partial charge is 0.507 e. The van der Waals surface area contributed by atoms with Crippen LogP contribution in [0, 0.1) is 0 Å². The highest BCUT2D eigenvalue weighted by molar-refractivity contribution is 6.51. The predicted molar refractivity (Wildman–Crippen MR) is 142 cm³/mol. The summed E-state index contributed by atoms with van der Waals surface area (Å²) in [5.41, 5.74) is 2.38. The van der Waals surface area contributed by atoms with Crippen molar-refractivity contribution in [3.05, 3.63) is 82.9 Å². The zero-order valence-corrected chi connectivity index (χ0v) is 21.7. The minimum Gasteiger partial charge on any atom is -0.507 e. The van der Waals surface area contributed by atoms with Crippen LogP contribution in [0.4, 0.5) is 5.69 Å². The summed E-state index contributed by atoms with van der Waals surface area (Å²) in [5, 5.41) is 11.5. The molecule has 0 aliphatic carbocycles. The number of anilines is 1. The second-order valence-corrected chi connectivity index (χ2v) is 9.38. The standard InChI is InChI=1S/C30H29NO7/c1-17(2)22-15-19(7-11-23(22)36-4)28(32)26-27(18-5-9-21(35-3)10-6-18)31(30(34)29(26)33)20-8-12-24-25(16-20)38-14-13-37-24/h5-12,15-17,27,32H,13-14H2,1-4H3/b28-26+. The molecule has 1 saturated heterocycles. The molecule has 2 heterocycles. The lowest BCUT2D eigenvalue weighted by atomic mass is 9.93. The zero-order chi connectivity index (χ0) is 27.0. The van der Waals surface area contributed by atoms with E-state index in [0.29, 0.717) is 53.0 Å². The van der Waals surface area contributed by atoms with Crippen LogP contribution in [0.2, 0.25) is 0 Å². The van der Waals surface area contributed by atoms with Crippen LogP contribution in [-0.2, 0) is 9.59 Å². The predicted octanol–water partition coefficient (Wildman–Crippen LogP) is 5.22. The molecule has 0 saturated carbocycles. The monoisotopic (exact) mass is 515 g/mol. The van der Waals surface area contributed by atoms with E-state index < -0.39 is 17.7 Å². The molecule has 1 atom stereocenters. The number of hydrogen-bond acceptors (Lipinski definition) is 7. The zero-order valence-electron chi connectivity index (χ0n) is 21.7.